The molecule has 9 atom stereocenters. The van der Waals surface area contributed by atoms with Gasteiger partial charge in [0.05, 0.1) is 25.1 Å². The van der Waals surface area contributed by atoms with E-state index in [4.69, 9.17) is 15.9 Å². The van der Waals surface area contributed by atoms with Gasteiger partial charge in [-0.1, -0.05) is 5.92 Å². The normalized spacial score (nSPS) is 34.4. The number of pyridine rings is 1. The number of rotatable bonds is 4. The van der Waals surface area contributed by atoms with E-state index in [1.54, 1.807) is 26.0 Å². The summed E-state index contributed by atoms with van der Waals surface area (Å²) in [6, 6.07) is 2.00. The maximum absolute atomic E-state index is 15.2. The van der Waals surface area contributed by atoms with Gasteiger partial charge in [-0.15, -0.1) is 6.42 Å². The van der Waals surface area contributed by atoms with Crippen LogP contribution in [0.1, 0.15) is 33.1 Å². The summed E-state index contributed by atoms with van der Waals surface area (Å²) in [5, 5.41) is 15.4. The van der Waals surface area contributed by atoms with E-state index >= 15 is 4.39 Å². The average Bonchev–Trinajstić information content (AvgIpc) is 3.75. The number of carbonyl (C=O) groups excluding carboxylic acids is 4. The molecule has 2 aliphatic carbocycles. The molecule has 2 saturated heterocycles. The lowest BCUT2D eigenvalue weighted by molar-refractivity contribution is -0.148. The molecule has 6 rings (SSSR count). The van der Waals surface area contributed by atoms with Crippen molar-refractivity contribution in [3.8, 4) is 24.2 Å². The highest BCUT2D eigenvalue weighted by atomic mass is 19.1. The molecule has 2 N–H and O–H groups in total. The fourth-order valence-corrected chi connectivity index (χ4v) is 7.90. The Morgan fingerprint density at radius 1 is 1.33 bits per heavy atom. The molecule has 3 aliphatic heterocycles. The molecule has 5 aliphatic rings. The SMILES string of the molecule is C#CC(C)(C)C(NC(=O)OC)C(=O)N1CC2C3CC(F)C(C3)C2C1C(=O)N1CC2(CC1C#N)Oc1cccnc1NC2=O. The fourth-order valence-electron chi connectivity index (χ4n) is 7.90. The summed E-state index contributed by atoms with van der Waals surface area (Å²) in [6.45, 7) is 3.16. The van der Waals surface area contributed by atoms with E-state index in [1.807, 2.05) is 0 Å². The second-order valence-electron chi connectivity index (χ2n) is 12.7. The van der Waals surface area contributed by atoms with E-state index in [-0.39, 0.29) is 37.2 Å². The number of methoxy groups -OCH3 is 1. The minimum absolute atomic E-state index is 0.00102. The molecule has 9 unspecified atom stereocenters. The van der Waals surface area contributed by atoms with Crippen molar-refractivity contribution in [3.63, 3.8) is 0 Å². The van der Waals surface area contributed by atoms with Crippen LogP contribution in [0.5, 0.6) is 5.75 Å². The molecule has 2 bridgehead atoms. The van der Waals surface area contributed by atoms with Crippen molar-refractivity contribution < 1.29 is 33.0 Å². The highest BCUT2D eigenvalue weighted by molar-refractivity contribution is 6.01. The van der Waals surface area contributed by atoms with Crippen molar-refractivity contribution in [1.82, 2.24) is 20.1 Å². The number of alkyl carbamates (subject to hydrolysis) is 1. The molecular formula is C30H33FN6O6. The number of anilines is 1. The monoisotopic (exact) mass is 592 g/mol. The molecule has 12 nitrogen and oxygen atoms in total. The zero-order valence-corrected chi connectivity index (χ0v) is 24.1. The quantitative estimate of drug-likeness (QED) is 0.499. The number of terminal acetylenes is 1. The molecule has 4 amide bonds. The van der Waals surface area contributed by atoms with E-state index < -0.39 is 71.0 Å². The van der Waals surface area contributed by atoms with Crippen LogP contribution in [0.15, 0.2) is 18.3 Å². The molecule has 43 heavy (non-hydrogen) atoms. The van der Waals surface area contributed by atoms with Gasteiger partial charge in [0.1, 0.15) is 24.3 Å². The van der Waals surface area contributed by atoms with Gasteiger partial charge < -0.3 is 29.9 Å². The van der Waals surface area contributed by atoms with E-state index in [0.29, 0.717) is 18.6 Å². The Morgan fingerprint density at radius 2 is 2.09 bits per heavy atom. The fraction of sp³-hybridized carbons (Fsp3) is 0.600. The number of aromatic nitrogens is 1. The molecule has 2 saturated carbocycles. The van der Waals surface area contributed by atoms with Crippen molar-refractivity contribution >= 4 is 29.6 Å². The van der Waals surface area contributed by atoms with Crippen LogP contribution < -0.4 is 15.4 Å². The highest BCUT2D eigenvalue weighted by Crippen LogP contribution is 2.59. The van der Waals surface area contributed by atoms with Crippen LogP contribution in [-0.2, 0) is 19.1 Å². The molecule has 4 heterocycles. The summed E-state index contributed by atoms with van der Waals surface area (Å²) in [6.07, 6.45) is 6.15. The van der Waals surface area contributed by atoms with Crippen LogP contribution in [0.4, 0.5) is 15.0 Å². The number of fused-ring (bicyclic) bond motifs is 6. The topological polar surface area (TPSA) is 154 Å². The van der Waals surface area contributed by atoms with Gasteiger partial charge >= 0.3 is 6.09 Å². The van der Waals surface area contributed by atoms with Gasteiger partial charge in [0, 0.05) is 19.2 Å². The molecule has 0 radical (unpaired) electrons. The van der Waals surface area contributed by atoms with Crippen LogP contribution in [0, 0.1) is 52.8 Å². The molecule has 1 spiro atoms. The number of hydrogen-bond donors (Lipinski definition) is 2. The number of alkyl halides is 1. The average molecular weight is 593 g/mol. The summed E-state index contributed by atoms with van der Waals surface area (Å²) in [4.78, 5) is 61.2. The van der Waals surface area contributed by atoms with Gasteiger partial charge in [-0.05, 0) is 62.5 Å². The zero-order chi connectivity index (χ0) is 30.8. The Kier molecular flexibility index (Phi) is 6.75. The van der Waals surface area contributed by atoms with E-state index in [0.717, 1.165) is 7.11 Å². The van der Waals surface area contributed by atoms with Gasteiger partial charge in [0.25, 0.3) is 5.91 Å². The first-order valence-electron chi connectivity index (χ1n) is 14.4. The standard InChI is InChI=1S/C30H33FN6O6/c1-5-29(2,3)23(34-28(41)42-4)26(39)36-13-18-15-9-17(19(31)10-15)21(18)22(36)25(38)37-14-30(11-16(37)12-32)27(40)35-24-20(43-30)7-6-8-33-24/h1,6-8,15-19,21-23H,9-11,13-14H2,2-4H3,(H,34,41)(H,33,35,40). The van der Waals surface area contributed by atoms with Crippen molar-refractivity contribution in [1.29, 1.82) is 5.26 Å². The van der Waals surface area contributed by atoms with Crippen molar-refractivity contribution in [2.75, 3.05) is 25.5 Å². The number of nitrogens with zero attached hydrogens (tertiary/aromatic N) is 4. The van der Waals surface area contributed by atoms with Gasteiger partial charge in [0.15, 0.2) is 11.6 Å². The summed E-state index contributed by atoms with van der Waals surface area (Å²) in [5.41, 5.74) is -2.71. The highest BCUT2D eigenvalue weighted by Gasteiger charge is 2.65. The lowest BCUT2D eigenvalue weighted by atomic mass is 9.77. The maximum Gasteiger partial charge on any atom is 0.407 e. The number of halogens is 1. The van der Waals surface area contributed by atoms with Gasteiger partial charge in [-0.25, -0.2) is 14.2 Å². The Morgan fingerprint density at radius 3 is 2.79 bits per heavy atom. The second-order valence-corrected chi connectivity index (χ2v) is 12.7. The van der Waals surface area contributed by atoms with Crippen LogP contribution in [-0.4, -0.2) is 88.7 Å². The molecule has 13 heteroatoms. The molecule has 0 aromatic carbocycles. The lowest BCUT2D eigenvalue weighted by Crippen LogP contribution is -2.60. The number of nitriles is 1. The van der Waals surface area contributed by atoms with Crippen molar-refractivity contribution in [2.45, 2.75) is 63.0 Å². The van der Waals surface area contributed by atoms with Crippen LogP contribution >= 0.6 is 0 Å². The van der Waals surface area contributed by atoms with Crippen molar-refractivity contribution in [2.24, 2.45) is 29.1 Å². The Bertz CT molecular complexity index is 1470. The number of ether oxygens (including phenoxy) is 2. The minimum atomic E-state index is -1.54. The van der Waals surface area contributed by atoms with E-state index in [9.17, 15) is 24.4 Å². The predicted octanol–water partition coefficient (Wildman–Crippen LogP) is 1.48. The number of carbonyl (C=O) groups is 4. The molecule has 1 aromatic rings. The summed E-state index contributed by atoms with van der Waals surface area (Å²) in [5.74, 6) is 0.359. The van der Waals surface area contributed by atoms with Gasteiger partial charge in [0.2, 0.25) is 17.4 Å². The molecule has 226 valence electrons. The maximum atomic E-state index is 15.2. The first kappa shape index (κ1) is 28.7. The minimum Gasteiger partial charge on any atom is -0.472 e. The first-order valence-corrected chi connectivity index (χ1v) is 14.4. The molecule has 1 aromatic heterocycles. The third-order valence-electron chi connectivity index (χ3n) is 10.1. The Hall–Kier alpha value is -4.39. The predicted molar refractivity (Wildman–Crippen MR) is 147 cm³/mol. The largest absolute Gasteiger partial charge is 0.472 e. The Labute approximate surface area is 248 Å². The second kappa shape index (κ2) is 10.1. The van der Waals surface area contributed by atoms with Crippen LogP contribution in [0.3, 0.4) is 0 Å². The molecule has 4 fully saturated rings. The third kappa shape index (κ3) is 4.36. The smallest absolute Gasteiger partial charge is 0.407 e. The van der Waals surface area contributed by atoms with E-state index in [1.165, 1.54) is 16.0 Å². The summed E-state index contributed by atoms with van der Waals surface area (Å²) in [7, 11) is 1.16. The van der Waals surface area contributed by atoms with E-state index in [2.05, 4.69) is 27.6 Å². The number of nitrogens with one attached hydrogen (secondary N) is 2. The summed E-state index contributed by atoms with van der Waals surface area (Å²) >= 11 is 0. The number of amides is 4. The lowest BCUT2D eigenvalue weighted by Gasteiger charge is -2.38. The molecular weight excluding hydrogens is 559 g/mol. The number of likely N-dealkylation sites (tertiary alicyclic amines) is 2. The third-order valence-corrected chi connectivity index (χ3v) is 10.1. The van der Waals surface area contributed by atoms with Crippen molar-refractivity contribution in [3.05, 3.63) is 18.3 Å². The Balaban J connectivity index is 1.35. The van der Waals surface area contributed by atoms with Crippen LogP contribution in [0.2, 0.25) is 0 Å². The summed E-state index contributed by atoms with van der Waals surface area (Å²) < 4.78 is 26.0. The van der Waals surface area contributed by atoms with Crippen LogP contribution in [0.25, 0.3) is 0 Å². The number of hydrogen-bond acceptors (Lipinski definition) is 8. The zero-order valence-electron chi connectivity index (χ0n) is 24.1. The first-order chi connectivity index (χ1) is 20.4. The van der Waals surface area contributed by atoms with Gasteiger partial charge in [-0.3, -0.25) is 14.4 Å². The van der Waals surface area contributed by atoms with Gasteiger partial charge in [-0.2, -0.15) is 5.26 Å².